The van der Waals surface area contributed by atoms with E-state index < -0.39 is 65.8 Å². The van der Waals surface area contributed by atoms with Gasteiger partial charge in [0.15, 0.2) is 6.04 Å². The van der Waals surface area contributed by atoms with Crippen molar-refractivity contribution in [2.24, 2.45) is 5.41 Å². The Bertz CT molecular complexity index is 1240. The molecule has 3 amide bonds. The predicted molar refractivity (Wildman–Crippen MR) is 144 cm³/mol. The fourth-order valence-corrected chi connectivity index (χ4v) is 6.03. The van der Waals surface area contributed by atoms with E-state index in [0.29, 0.717) is 0 Å². The number of likely N-dealkylation sites (N-methyl/N-ethyl adjacent to an activating group) is 1. The van der Waals surface area contributed by atoms with Gasteiger partial charge in [0, 0.05) is 33.1 Å². The molecule has 1 aliphatic carbocycles. The molecule has 4 fully saturated rings. The number of ether oxygens (including phenoxy) is 3. The Balaban J connectivity index is 1.42. The Morgan fingerprint density at radius 2 is 1.90 bits per heavy atom. The third kappa shape index (κ3) is 5.41. The summed E-state index contributed by atoms with van der Waals surface area (Å²) in [5.41, 5.74) is 0.0541. The zero-order valence-corrected chi connectivity index (χ0v) is 23.6. The van der Waals surface area contributed by atoms with Crippen LogP contribution in [0, 0.1) is 5.41 Å². The van der Waals surface area contributed by atoms with Crippen LogP contribution in [0.2, 0.25) is 0 Å². The van der Waals surface area contributed by atoms with E-state index in [4.69, 9.17) is 24.2 Å². The predicted octanol–water partition coefficient (Wildman–Crippen LogP) is -1.70. The molecule has 228 valence electrons. The number of nitrogens with zero attached hydrogens (tertiary/aromatic N) is 2. The standard InChI is InChI=1S/C28H36N4O10/c1-15(34)20(25(36)29-10-11-33)30-27(38)28-12-18-21-22(40-14-39-21)24(28)42-32(23(28)26(37)41-18)13-17-6-4-16(5-7-17)8-9-19(35)31(2)3/h4-9,15,18,20-24,33-34H,10-14H2,1-3H3,(H,29,36)(H,30,38)/t15-,18+,20+,21-,22-,23-,24+,28-/m0/s1. The van der Waals surface area contributed by atoms with Gasteiger partial charge >= 0.3 is 5.97 Å². The third-order valence-electron chi connectivity index (χ3n) is 8.13. The molecule has 1 saturated carbocycles. The van der Waals surface area contributed by atoms with Crippen LogP contribution < -0.4 is 10.6 Å². The number of aliphatic hydroxyl groups excluding tert-OH is 2. The second kappa shape index (κ2) is 12.1. The molecule has 3 aliphatic heterocycles. The molecule has 14 nitrogen and oxygen atoms in total. The summed E-state index contributed by atoms with van der Waals surface area (Å²) in [6, 6.07) is 4.76. The summed E-state index contributed by atoms with van der Waals surface area (Å²) in [5, 5.41) is 25.9. The van der Waals surface area contributed by atoms with Crippen LogP contribution in [0.25, 0.3) is 6.08 Å². The van der Waals surface area contributed by atoms with E-state index in [-0.39, 0.29) is 38.8 Å². The van der Waals surface area contributed by atoms with Crippen LogP contribution in [-0.2, 0) is 44.8 Å². The minimum absolute atomic E-state index is 0.0588. The van der Waals surface area contributed by atoms with Crippen LogP contribution >= 0.6 is 0 Å². The second-order valence-corrected chi connectivity index (χ2v) is 11.1. The van der Waals surface area contributed by atoms with E-state index >= 15 is 0 Å². The number of hydrogen-bond donors (Lipinski definition) is 4. The van der Waals surface area contributed by atoms with E-state index in [0.717, 1.165) is 11.1 Å². The molecule has 42 heavy (non-hydrogen) atoms. The molecular formula is C28H36N4O10. The Labute approximate surface area is 242 Å². The number of esters is 1. The normalized spacial score (nSPS) is 31.3. The number of fused-ring (bicyclic) bond motifs is 4. The number of nitrogens with one attached hydrogen (secondary N) is 2. The van der Waals surface area contributed by atoms with Crippen molar-refractivity contribution in [2.45, 2.75) is 62.5 Å². The molecule has 0 aromatic heterocycles. The van der Waals surface area contributed by atoms with E-state index in [2.05, 4.69) is 10.6 Å². The van der Waals surface area contributed by atoms with Crippen LogP contribution in [0.4, 0.5) is 0 Å². The van der Waals surface area contributed by atoms with Gasteiger partial charge in [-0.15, -0.1) is 0 Å². The van der Waals surface area contributed by atoms with Crippen LogP contribution in [0.15, 0.2) is 30.3 Å². The van der Waals surface area contributed by atoms with E-state index in [1.165, 1.54) is 23.0 Å². The summed E-state index contributed by atoms with van der Waals surface area (Å²) in [5.74, 6) is -2.16. The molecule has 4 N–H and O–H groups in total. The molecule has 1 aromatic carbocycles. The van der Waals surface area contributed by atoms with Gasteiger partial charge in [0.25, 0.3) is 0 Å². The fourth-order valence-electron chi connectivity index (χ4n) is 6.03. The monoisotopic (exact) mass is 588 g/mol. The first kappa shape index (κ1) is 30.1. The Morgan fingerprint density at radius 1 is 1.19 bits per heavy atom. The van der Waals surface area contributed by atoms with Gasteiger partial charge in [0.2, 0.25) is 17.7 Å². The van der Waals surface area contributed by atoms with Crippen LogP contribution in [0.3, 0.4) is 0 Å². The van der Waals surface area contributed by atoms with Crippen molar-refractivity contribution in [3.05, 3.63) is 41.5 Å². The van der Waals surface area contributed by atoms with Crippen LogP contribution in [-0.4, -0.2) is 121 Å². The number of amides is 3. The van der Waals surface area contributed by atoms with E-state index in [1.54, 1.807) is 20.2 Å². The highest BCUT2D eigenvalue weighted by atomic mass is 16.8. The van der Waals surface area contributed by atoms with E-state index in [1.807, 2.05) is 24.3 Å². The number of carbonyl (C=O) groups excluding carboxylic acids is 4. The second-order valence-electron chi connectivity index (χ2n) is 11.1. The number of aliphatic hydroxyl groups is 2. The highest BCUT2D eigenvalue weighted by Gasteiger charge is 2.74. The topological polar surface area (TPSA) is 176 Å². The molecule has 2 bridgehead atoms. The number of hydrogen-bond acceptors (Lipinski definition) is 11. The van der Waals surface area contributed by atoms with Gasteiger partial charge in [-0.3, -0.25) is 24.0 Å². The summed E-state index contributed by atoms with van der Waals surface area (Å²) in [4.78, 5) is 60.0. The summed E-state index contributed by atoms with van der Waals surface area (Å²) in [6.45, 7) is 1.04. The molecular weight excluding hydrogens is 552 g/mol. The first-order chi connectivity index (χ1) is 20.1. The Kier molecular flexibility index (Phi) is 8.64. The van der Waals surface area contributed by atoms with Gasteiger partial charge in [-0.05, 0) is 24.1 Å². The molecule has 0 unspecified atom stereocenters. The lowest BCUT2D eigenvalue weighted by Gasteiger charge is -2.49. The number of rotatable bonds is 10. The molecule has 1 aromatic rings. The van der Waals surface area contributed by atoms with Crippen molar-refractivity contribution in [3.63, 3.8) is 0 Å². The average molecular weight is 589 g/mol. The number of benzene rings is 1. The summed E-state index contributed by atoms with van der Waals surface area (Å²) in [7, 11) is 3.33. The van der Waals surface area contributed by atoms with Gasteiger partial charge in [0.05, 0.1) is 19.3 Å². The maximum atomic E-state index is 14.1. The molecule has 3 saturated heterocycles. The maximum absolute atomic E-state index is 14.1. The van der Waals surface area contributed by atoms with Crippen molar-refractivity contribution in [1.82, 2.24) is 20.6 Å². The van der Waals surface area contributed by atoms with Gasteiger partial charge in [-0.25, -0.2) is 0 Å². The van der Waals surface area contributed by atoms with Gasteiger partial charge in [-0.2, -0.15) is 5.06 Å². The zero-order valence-electron chi connectivity index (χ0n) is 23.6. The first-order valence-electron chi connectivity index (χ1n) is 13.8. The van der Waals surface area contributed by atoms with Gasteiger partial charge in [0.1, 0.15) is 42.7 Å². The number of hydroxylamine groups is 2. The molecule has 4 aliphatic rings. The number of carbonyl (C=O) groups is 4. The molecule has 5 rings (SSSR count). The molecule has 0 radical (unpaired) electrons. The summed E-state index contributed by atoms with van der Waals surface area (Å²) >= 11 is 0. The van der Waals surface area contributed by atoms with Crippen molar-refractivity contribution in [2.75, 3.05) is 34.0 Å². The molecule has 3 heterocycles. The van der Waals surface area contributed by atoms with Crippen LogP contribution in [0.5, 0.6) is 0 Å². The summed E-state index contributed by atoms with van der Waals surface area (Å²) < 4.78 is 17.3. The lowest BCUT2D eigenvalue weighted by Crippen LogP contribution is -2.71. The first-order valence-corrected chi connectivity index (χ1v) is 13.8. The lowest BCUT2D eigenvalue weighted by atomic mass is 9.62. The largest absolute Gasteiger partial charge is 0.458 e. The van der Waals surface area contributed by atoms with Crippen LogP contribution in [0.1, 0.15) is 24.5 Å². The average Bonchev–Trinajstić information content (AvgIpc) is 3.58. The fraction of sp³-hybridized carbons (Fsp3) is 0.571. The zero-order chi connectivity index (χ0) is 30.2. The molecule has 8 atom stereocenters. The van der Waals surface area contributed by atoms with Crippen molar-refractivity contribution < 1.29 is 48.4 Å². The Morgan fingerprint density at radius 3 is 2.57 bits per heavy atom. The van der Waals surface area contributed by atoms with E-state index in [9.17, 15) is 24.3 Å². The lowest BCUT2D eigenvalue weighted by molar-refractivity contribution is -0.201. The molecule has 0 spiro atoms. The van der Waals surface area contributed by atoms with Crippen molar-refractivity contribution in [1.29, 1.82) is 0 Å². The smallest absolute Gasteiger partial charge is 0.327 e. The van der Waals surface area contributed by atoms with Gasteiger partial charge < -0.3 is 40.0 Å². The quantitative estimate of drug-likeness (QED) is 0.181. The SMILES string of the molecule is C[C@H](O)[C@@H](NC(=O)[C@@]12C[C@H]3OC(=O)[C@@H]1N(Cc1ccc(C=CC(=O)N(C)C)cc1)O[C@@H]2[C@H]1OCO[C@H]13)C(=O)NCCO. The Hall–Kier alpha value is -3.40. The van der Waals surface area contributed by atoms with Crippen molar-refractivity contribution in [3.8, 4) is 0 Å². The third-order valence-corrected chi connectivity index (χ3v) is 8.13. The minimum Gasteiger partial charge on any atom is -0.458 e. The van der Waals surface area contributed by atoms with Gasteiger partial charge in [-0.1, -0.05) is 24.3 Å². The molecule has 14 heteroatoms. The maximum Gasteiger partial charge on any atom is 0.327 e. The summed E-state index contributed by atoms with van der Waals surface area (Å²) in [6.07, 6.45) is -1.10. The van der Waals surface area contributed by atoms with Crippen molar-refractivity contribution >= 4 is 29.8 Å². The highest BCUT2D eigenvalue weighted by molar-refractivity contribution is 5.96. The highest BCUT2D eigenvalue weighted by Crippen LogP contribution is 2.55. The minimum atomic E-state index is -1.51.